The van der Waals surface area contributed by atoms with Gasteiger partial charge in [0.05, 0.1) is 4.91 Å². The third-order valence-electron chi connectivity index (χ3n) is 3.85. The van der Waals surface area contributed by atoms with Crippen LogP contribution in [0.4, 0.5) is 4.79 Å². The zero-order valence-corrected chi connectivity index (χ0v) is 16.7. The molecule has 1 aliphatic heterocycles. The summed E-state index contributed by atoms with van der Waals surface area (Å²) in [4.78, 5) is 50.8. The van der Waals surface area contributed by atoms with E-state index < -0.39 is 5.91 Å². The lowest BCUT2D eigenvalue weighted by molar-refractivity contribution is -0.122. The van der Waals surface area contributed by atoms with Gasteiger partial charge in [-0.25, -0.2) is 4.68 Å². The molecule has 0 unspecified atom stereocenters. The number of thiophene rings is 1. The van der Waals surface area contributed by atoms with Gasteiger partial charge in [0, 0.05) is 30.6 Å². The number of carbonyl (C=O) groups excluding carboxylic acids is 3. The largest absolute Gasteiger partial charge is 0.349 e. The molecule has 146 valence electrons. The number of imide groups is 1. The van der Waals surface area contributed by atoms with E-state index in [1.165, 1.54) is 28.2 Å². The van der Waals surface area contributed by atoms with E-state index in [0.29, 0.717) is 11.4 Å². The van der Waals surface area contributed by atoms with Crippen molar-refractivity contribution in [3.63, 3.8) is 0 Å². The maximum Gasteiger partial charge on any atom is 0.293 e. The zero-order valence-electron chi connectivity index (χ0n) is 15.1. The van der Waals surface area contributed by atoms with Crippen LogP contribution >= 0.6 is 23.1 Å². The highest BCUT2D eigenvalue weighted by molar-refractivity contribution is 8.18. The summed E-state index contributed by atoms with van der Waals surface area (Å²) in [7, 11) is 0. The maximum absolute atomic E-state index is 12.4. The Bertz CT molecular complexity index is 982. The summed E-state index contributed by atoms with van der Waals surface area (Å²) < 4.78 is 1.24. The van der Waals surface area contributed by atoms with Crippen LogP contribution in [0, 0.1) is 0 Å². The minimum Gasteiger partial charge on any atom is -0.349 e. The Hall–Kier alpha value is -2.72. The van der Waals surface area contributed by atoms with Crippen LogP contribution in [0.3, 0.4) is 0 Å². The monoisotopic (exact) mass is 418 g/mol. The highest BCUT2D eigenvalue weighted by Crippen LogP contribution is 2.32. The highest BCUT2D eigenvalue weighted by Gasteiger charge is 2.34. The van der Waals surface area contributed by atoms with Gasteiger partial charge in [-0.2, -0.15) is 5.10 Å². The van der Waals surface area contributed by atoms with Gasteiger partial charge < -0.3 is 5.32 Å². The lowest BCUT2D eigenvalue weighted by atomic mass is 10.3. The first-order valence-corrected chi connectivity index (χ1v) is 10.3. The Morgan fingerprint density at radius 3 is 2.75 bits per heavy atom. The molecule has 1 fully saturated rings. The second-order valence-corrected chi connectivity index (χ2v) is 7.86. The Kier molecular flexibility index (Phi) is 6.42. The normalized spacial score (nSPS) is 15.5. The number of aromatic nitrogens is 2. The number of hydrogen-bond acceptors (Lipinski definition) is 7. The van der Waals surface area contributed by atoms with Gasteiger partial charge in [-0.05, 0) is 41.8 Å². The quantitative estimate of drug-likeness (QED) is 0.692. The van der Waals surface area contributed by atoms with Gasteiger partial charge >= 0.3 is 0 Å². The van der Waals surface area contributed by atoms with Crippen molar-refractivity contribution < 1.29 is 14.4 Å². The predicted octanol–water partition coefficient (Wildman–Crippen LogP) is 2.18. The van der Waals surface area contributed by atoms with E-state index in [0.717, 1.165) is 28.0 Å². The molecule has 1 saturated heterocycles. The summed E-state index contributed by atoms with van der Waals surface area (Å²) in [6, 6.07) is 6.38. The molecule has 1 N–H and O–H groups in total. The third kappa shape index (κ3) is 4.57. The second kappa shape index (κ2) is 8.98. The molecule has 0 bridgehead atoms. The van der Waals surface area contributed by atoms with E-state index >= 15 is 0 Å². The Morgan fingerprint density at radius 1 is 1.21 bits per heavy atom. The number of rotatable bonds is 7. The van der Waals surface area contributed by atoms with Crippen molar-refractivity contribution in [2.24, 2.45) is 0 Å². The molecule has 10 heteroatoms. The molecule has 8 nitrogen and oxygen atoms in total. The third-order valence-corrected chi connectivity index (χ3v) is 5.57. The Labute approximate surface area is 169 Å². The molecule has 28 heavy (non-hydrogen) atoms. The van der Waals surface area contributed by atoms with Crippen molar-refractivity contribution in [1.29, 1.82) is 0 Å². The lowest BCUT2D eigenvalue weighted by Gasteiger charge is -2.13. The van der Waals surface area contributed by atoms with E-state index in [-0.39, 0.29) is 35.5 Å². The second-order valence-electron chi connectivity index (χ2n) is 5.88. The van der Waals surface area contributed by atoms with Crippen LogP contribution in [0.1, 0.15) is 28.7 Å². The number of hydrogen-bond donors (Lipinski definition) is 1. The molecule has 0 saturated carbocycles. The first-order valence-electron chi connectivity index (χ1n) is 8.65. The van der Waals surface area contributed by atoms with Gasteiger partial charge in [0.1, 0.15) is 5.69 Å². The zero-order chi connectivity index (χ0) is 20.1. The fourth-order valence-corrected chi connectivity index (χ4v) is 4.10. The molecule has 2 aromatic heterocycles. The Balaban J connectivity index is 1.58. The minimum absolute atomic E-state index is 0.0623. The fourth-order valence-electron chi connectivity index (χ4n) is 2.51. The topological polar surface area (TPSA) is 101 Å². The standard InChI is InChI=1S/C18H18N4O4S2/c1-2-8-22-15(23)6-5-13(20-22)16(24)19-7-9-21-17(25)14(28-18(21)26)11-12-4-3-10-27-12/h3-6,10-11H,2,7-9H2,1H3,(H,19,24)/b14-11-. The van der Waals surface area contributed by atoms with Gasteiger partial charge in [0.15, 0.2) is 0 Å². The van der Waals surface area contributed by atoms with Crippen molar-refractivity contribution in [2.45, 2.75) is 19.9 Å². The van der Waals surface area contributed by atoms with Gasteiger partial charge in [-0.1, -0.05) is 13.0 Å². The first-order chi connectivity index (χ1) is 13.5. The van der Waals surface area contributed by atoms with Crippen molar-refractivity contribution in [2.75, 3.05) is 13.1 Å². The number of nitrogens with one attached hydrogen (secondary N) is 1. The number of carbonyl (C=O) groups is 3. The lowest BCUT2D eigenvalue weighted by Crippen LogP contribution is -2.38. The van der Waals surface area contributed by atoms with Crippen LogP contribution < -0.4 is 10.9 Å². The molecule has 2 aromatic rings. The molecule has 3 heterocycles. The van der Waals surface area contributed by atoms with E-state index in [1.54, 1.807) is 6.08 Å². The summed E-state index contributed by atoms with van der Waals surface area (Å²) in [5.41, 5.74) is -0.159. The van der Waals surface area contributed by atoms with Crippen LogP contribution in [0.2, 0.25) is 0 Å². The van der Waals surface area contributed by atoms with Gasteiger partial charge in [-0.15, -0.1) is 11.3 Å². The highest BCUT2D eigenvalue weighted by atomic mass is 32.2. The molecule has 0 aromatic carbocycles. The maximum atomic E-state index is 12.4. The number of amides is 3. The van der Waals surface area contributed by atoms with Crippen LogP contribution in [0.5, 0.6) is 0 Å². The molecule has 0 spiro atoms. The van der Waals surface area contributed by atoms with Crippen LogP contribution in [-0.4, -0.2) is 44.8 Å². The fraction of sp³-hybridized carbons (Fsp3) is 0.278. The molecule has 0 radical (unpaired) electrons. The first kappa shape index (κ1) is 20.0. The SMILES string of the molecule is CCCn1nc(C(=O)NCCN2C(=O)S/C(=C\c3cccs3)C2=O)ccc1=O. The smallest absolute Gasteiger partial charge is 0.293 e. The summed E-state index contributed by atoms with van der Waals surface area (Å²) in [6.45, 7) is 2.49. The molecule has 0 aliphatic carbocycles. The molecule has 3 amide bonds. The Morgan fingerprint density at radius 2 is 2.04 bits per heavy atom. The number of thioether (sulfide) groups is 1. The minimum atomic E-state index is -0.467. The van der Waals surface area contributed by atoms with Crippen molar-refractivity contribution >= 4 is 46.2 Å². The number of nitrogens with zero attached hydrogens (tertiary/aromatic N) is 3. The number of aryl methyl sites for hydroxylation is 1. The van der Waals surface area contributed by atoms with Gasteiger partial charge in [0.2, 0.25) is 0 Å². The average Bonchev–Trinajstić information content (AvgIpc) is 3.27. The summed E-state index contributed by atoms with van der Waals surface area (Å²) in [6.07, 6.45) is 2.41. The predicted molar refractivity (Wildman–Crippen MR) is 108 cm³/mol. The van der Waals surface area contributed by atoms with Crippen LogP contribution in [0.25, 0.3) is 6.08 Å². The van der Waals surface area contributed by atoms with E-state index in [9.17, 15) is 19.2 Å². The molecular weight excluding hydrogens is 400 g/mol. The molecule has 1 aliphatic rings. The van der Waals surface area contributed by atoms with Crippen molar-refractivity contribution in [3.8, 4) is 0 Å². The molecular formula is C18H18N4O4S2. The van der Waals surface area contributed by atoms with E-state index in [2.05, 4.69) is 10.4 Å². The molecule has 3 rings (SSSR count). The molecule has 0 atom stereocenters. The van der Waals surface area contributed by atoms with Gasteiger partial charge in [0.25, 0.3) is 22.6 Å². The summed E-state index contributed by atoms with van der Waals surface area (Å²) in [5, 5.41) is 8.18. The van der Waals surface area contributed by atoms with Crippen LogP contribution in [0.15, 0.2) is 39.3 Å². The van der Waals surface area contributed by atoms with Crippen molar-refractivity contribution in [3.05, 3.63) is 55.5 Å². The van der Waals surface area contributed by atoms with E-state index in [1.807, 2.05) is 24.4 Å². The van der Waals surface area contributed by atoms with Crippen molar-refractivity contribution in [1.82, 2.24) is 20.0 Å². The summed E-state index contributed by atoms with van der Waals surface area (Å²) >= 11 is 2.37. The van der Waals surface area contributed by atoms with Crippen LogP contribution in [-0.2, 0) is 11.3 Å². The van der Waals surface area contributed by atoms with Gasteiger partial charge in [-0.3, -0.25) is 24.1 Å². The summed E-state index contributed by atoms with van der Waals surface area (Å²) in [5.74, 6) is -0.835. The van der Waals surface area contributed by atoms with E-state index in [4.69, 9.17) is 0 Å². The average molecular weight is 419 g/mol.